The first-order valence-electron chi connectivity index (χ1n) is 4.06. The van der Waals surface area contributed by atoms with Gasteiger partial charge in [-0.1, -0.05) is 0 Å². The highest BCUT2D eigenvalue weighted by molar-refractivity contribution is 5.59. The zero-order valence-electron chi connectivity index (χ0n) is 7.10. The third-order valence-corrected chi connectivity index (χ3v) is 1.93. The van der Waals surface area contributed by atoms with Crippen LogP contribution in [-0.4, -0.2) is 12.6 Å². The van der Waals surface area contributed by atoms with Gasteiger partial charge in [0.1, 0.15) is 6.61 Å². The van der Waals surface area contributed by atoms with Gasteiger partial charge in [0.05, 0.1) is 11.7 Å². The van der Waals surface area contributed by atoms with Crippen molar-refractivity contribution in [1.29, 1.82) is 0 Å². The minimum Gasteiger partial charge on any atom is -0.486 e. The Morgan fingerprint density at radius 3 is 3.00 bits per heavy atom. The Bertz CT molecular complexity index is 341. The molecule has 1 atom stereocenters. The molecule has 0 aromatic heterocycles. The molecule has 0 aliphatic carbocycles. The van der Waals surface area contributed by atoms with Crippen molar-refractivity contribution >= 4 is 5.69 Å². The normalized spacial score (nSPS) is 20.1. The molecule has 1 N–H and O–H groups in total. The topological polar surface area (TPSA) is 21.3 Å². The Balaban J connectivity index is 2.47. The summed E-state index contributed by atoms with van der Waals surface area (Å²) in [6.45, 7) is 2.26. The van der Waals surface area contributed by atoms with E-state index in [1.807, 2.05) is 6.92 Å². The Morgan fingerprint density at radius 2 is 2.23 bits per heavy atom. The molecule has 1 heterocycles. The van der Waals surface area contributed by atoms with Crippen molar-refractivity contribution in [3.63, 3.8) is 0 Å². The van der Waals surface area contributed by atoms with E-state index in [0.717, 1.165) is 6.07 Å². The first kappa shape index (κ1) is 8.29. The average Bonchev–Trinajstić information content (AvgIpc) is 2.12. The first-order chi connectivity index (χ1) is 6.18. The Labute approximate surface area is 74.5 Å². The zero-order valence-corrected chi connectivity index (χ0v) is 7.10. The summed E-state index contributed by atoms with van der Waals surface area (Å²) in [4.78, 5) is 0. The molecule has 4 heteroatoms. The van der Waals surface area contributed by atoms with E-state index in [1.165, 1.54) is 6.07 Å². The van der Waals surface area contributed by atoms with Crippen LogP contribution in [-0.2, 0) is 0 Å². The molecule has 0 bridgehead atoms. The number of ether oxygens (including phenoxy) is 1. The van der Waals surface area contributed by atoms with Gasteiger partial charge in [0, 0.05) is 0 Å². The Hall–Kier alpha value is -1.32. The molecule has 70 valence electrons. The standard InChI is InChI=1S/C9H9F2NO/c1-5-4-13-9-7(12-5)3-2-6(10)8(9)11/h2-3,5,12H,4H2,1H3/t5-/m1/s1. The zero-order chi connectivity index (χ0) is 9.42. The third kappa shape index (κ3) is 1.32. The minimum absolute atomic E-state index is 0.0156. The van der Waals surface area contributed by atoms with Crippen LogP contribution in [0.3, 0.4) is 0 Å². The van der Waals surface area contributed by atoms with E-state index >= 15 is 0 Å². The summed E-state index contributed by atoms with van der Waals surface area (Å²) in [5.41, 5.74) is 0.512. The fourth-order valence-corrected chi connectivity index (χ4v) is 1.30. The van der Waals surface area contributed by atoms with Gasteiger partial charge >= 0.3 is 0 Å². The molecule has 0 spiro atoms. The molecule has 1 aliphatic rings. The maximum atomic E-state index is 13.1. The van der Waals surface area contributed by atoms with E-state index < -0.39 is 11.6 Å². The fraction of sp³-hybridized carbons (Fsp3) is 0.333. The maximum Gasteiger partial charge on any atom is 0.202 e. The monoisotopic (exact) mass is 185 g/mol. The molecule has 1 aromatic carbocycles. The molecule has 0 fully saturated rings. The highest BCUT2D eigenvalue weighted by Gasteiger charge is 2.20. The lowest BCUT2D eigenvalue weighted by atomic mass is 10.2. The van der Waals surface area contributed by atoms with E-state index in [2.05, 4.69) is 5.32 Å². The van der Waals surface area contributed by atoms with Crippen LogP contribution < -0.4 is 10.1 Å². The van der Waals surface area contributed by atoms with E-state index in [9.17, 15) is 8.78 Å². The molecule has 0 saturated heterocycles. The van der Waals surface area contributed by atoms with Gasteiger partial charge in [-0.15, -0.1) is 0 Å². The van der Waals surface area contributed by atoms with Crippen LogP contribution in [0.1, 0.15) is 6.92 Å². The van der Waals surface area contributed by atoms with Crippen molar-refractivity contribution < 1.29 is 13.5 Å². The van der Waals surface area contributed by atoms with Crippen LogP contribution in [0.2, 0.25) is 0 Å². The lowest BCUT2D eigenvalue weighted by Crippen LogP contribution is -2.28. The average molecular weight is 185 g/mol. The number of hydrogen-bond donors (Lipinski definition) is 1. The van der Waals surface area contributed by atoms with Crippen molar-refractivity contribution in [2.24, 2.45) is 0 Å². The highest BCUT2D eigenvalue weighted by atomic mass is 19.2. The van der Waals surface area contributed by atoms with E-state index in [1.54, 1.807) is 0 Å². The van der Waals surface area contributed by atoms with Crippen molar-refractivity contribution in [1.82, 2.24) is 0 Å². The van der Waals surface area contributed by atoms with Crippen molar-refractivity contribution in [3.05, 3.63) is 23.8 Å². The lowest BCUT2D eigenvalue weighted by molar-refractivity contribution is 0.272. The maximum absolute atomic E-state index is 13.1. The first-order valence-corrected chi connectivity index (χ1v) is 4.06. The van der Waals surface area contributed by atoms with Gasteiger partial charge in [-0.25, -0.2) is 4.39 Å². The number of anilines is 1. The van der Waals surface area contributed by atoms with Crippen LogP contribution in [0.25, 0.3) is 0 Å². The predicted molar refractivity (Wildman–Crippen MR) is 44.9 cm³/mol. The summed E-state index contributed by atoms with van der Waals surface area (Å²) >= 11 is 0. The van der Waals surface area contributed by atoms with Crippen molar-refractivity contribution in [2.45, 2.75) is 13.0 Å². The number of hydrogen-bond acceptors (Lipinski definition) is 2. The molecule has 0 saturated carbocycles. The van der Waals surface area contributed by atoms with Crippen LogP contribution in [0.15, 0.2) is 12.1 Å². The minimum atomic E-state index is -0.920. The number of halogens is 2. The second-order valence-electron chi connectivity index (χ2n) is 3.09. The summed E-state index contributed by atoms with van der Waals surface area (Å²) in [5, 5.41) is 3.00. The molecular formula is C9H9F2NO. The predicted octanol–water partition coefficient (Wildman–Crippen LogP) is 2.16. The number of nitrogens with one attached hydrogen (secondary N) is 1. The molecule has 1 aliphatic heterocycles. The summed E-state index contributed by atoms with van der Waals surface area (Å²) in [6.07, 6.45) is 0. The van der Waals surface area contributed by atoms with Crippen LogP contribution in [0.5, 0.6) is 5.75 Å². The van der Waals surface area contributed by atoms with E-state index in [-0.39, 0.29) is 11.8 Å². The largest absolute Gasteiger partial charge is 0.486 e. The summed E-state index contributed by atoms with van der Waals surface area (Å²) in [6, 6.07) is 2.68. The van der Waals surface area contributed by atoms with Crippen molar-refractivity contribution in [2.75, 3.05) is 11.9 Å². The second kappa shape index (κ2) is 2.87. The summed E-state index contributed by atoms with van der Waals surface area (Å²) < 4.78 is 30.9. The van der Waals surface area contributed by atoms with Gasteiger partial charge in [0.25, 0.3) is 0 Å². The number of rotatable bonds is 0. The quantitative estimate of drug-likeness (QED) is 0.668. The van der Waals surface area contributed by atoms with Gasteiger partial charge in [-0.2, -0.15) is 4.39 Å². The SMILES string of the molecule is C[C@@H]1COc2c(ccc(F)c2F)N1. The van der Waals surface area contributed by atoms with Gasteiger partial charge < -0.3 is 10.1 Å². The molecule has 2 nitrogen and oxygen atoms in total. The Morgan fingerprint density at radius 1 is 1.46 bits per heavy atom. The van der Waals surface area contributed by atoms with Gasteiger partial charge in [-0.05, 0) is 19.1 Å². The molecule has 1 aromatic rings. The summed E-state index contributed by atoms with van der Waals surface area (Å²) in [5.74, 6) is -1.81. The van der Waals surface area contributed by atoms with Crippen LogP contribution in [0, 0.1) is 11.6 Å². The molecule has 0 radical (unpaired) electrons. The van der Waals surface area contributed by atoms with E-state index in [0.29, 0.717) is 12.3 Å². The molecule has 13 heavy (non-hydrogen) atoms. The second-order valence-corrected chi connectivity index (χ2v) is 3.09. The number of benzene rings is 1. The highest BCUT2D eigenvalue weighted by Crippen LogP contribution is 2.32. The van der Waals surface area contributed by atoms with Gasteiger partial charge in [-0.3, -0.25) is 0 Å². The molecule has 2 rings (SSSR count). The van der Waals surface area contributed by atoms with Gasteiger partial charge in [0.15, 0.2) is 11.6 Å². The van der Waals surface area contributed by atoms with E-state index in [4.69, 9.17) is 4.74 Å². The van der Waals surface area contributed by atoms with Crippen LogP contribution in [0.4, 0.5) is 14.5 Å². The Kier molecular flexibility index (Phi) is 1.83. The fourth-order valence-electron chi connectivity index (χ4n) is 1.30. The van der Waals surface area contributed by atoms with Crippen LogP contribution >= 0.6 is 0 Å². The molecule has 0 unspecified atom stereocenters. The third-order valence-electron chi connectivity index (χ3n) is 1.93. The number of fused-ring (bicyclic) bond motifs is 1. The summed E-state index contributed by atoms with van der Waals surface area (Å²) in [7, 11) is 0. The lowest BCUT2D eigenvalue weighted by Gasteiger charge is -2.24. The molecular weight excluding hydrogens is 176 g/mol. The van der Waals surface area contributed by atoms with Gasteiger partial charge in [0.2, 0.25) is 5.82 Å². The smallest absolute Gasteiger partial charge is 0.202 e. The molecule has 0 amide bonds. The van der Waals surface area contributed by atoms with Crippen molar-refractivity contribution in [3.8, 4) is 5.75 Å².